The largest absolute Gasteiger partial charge is 0.357 e. The summed E-state index contributed by atoms with van der Waals surface area (Å²) < 4.78 is 0.876. The number of carbonyl (C=O) groups excluding carboxylic acids is 1. The van der Waals surface area contributed by atoms with Crippen molar-refractivity contribution in [2.75, 3.05) is 18.0 Å². The van der Waals surface area contributed by atoms with E-state index in [2.05, 4.69) is 20.2 Å². The number of anilines is 1. The number of rotatable bonds is 4. The van der Waals surface area contributed by atoms with Gasteiger partial charge in [0.1, 0.15) is 16.0 Å². The molecule has 8 heteroatoms. The third kappa shape index (κ3) is 4.18. The minimum absolute atomic E-state index is 0.255. The van der Waals surface area contributed by atoms with Crippen LogP contribution < -0.4 is 10.2 Å². The van der Waals surface area contributed by atoms with Crippen LogP contribution in [0.25, 0.3) is 0 Å². The predicted molar refractivity (Wildman–Crippen MR) is 98.3 cm³/mol. The van der Waals surface area contributed by atoms with Gasteiger partial charge in [-0.25, -0.2) is 9.97 Å². The number of nitrogens with one attached hydrogen (secondary N) is 1. The van der Waals surface area contributed by atoms with Crippen LogP contribution in [-0.2, 0) is 6.54 Å². The van der Waals surface area contributed by atoms with Crippen LogP contribution in [0.1, 0.15) is 41.1 Å². The van der Waals surface area contributed by atoms with Crippen molar-refractivity contribution in [2.45, 2.75) is 32.7 Å². The number of nitrogens with zero attached hydrogens (tertiary/aromatic N) is 3. The fourth-order valence-corrected chi connectivity index (χ4v) is 4.18. The number of hydrogen-bond acceptors (Lipinski definition) is 5. The smallest absolute Gasteiger partial charge is 0.254 e. The van der Waals surface area contributed by atoms with E-state index in [1.165, 1.54) is 30.6 Å². The zero-order chi connectivity index (χ0) is 17.1. The van der Waals surface area contributed by atoms with E-state index in [9.17, 15) is 4.79 Å². The van der Waals surface area contributed by atoms with E-state index in [0.717, 1.165) is 24.6 Å². The van der Waals surface area contributed by atoms with Crippen molar-refractivity contribution in [1.29, 1.82) is 0 Å². The van der Waals surface area contributed by atoms with Gasteiger partial charge in [0.25, 0.3) is 5.91 Å². The Morgan fingerprint density at radius 3 is 2.67 bits per heavy atom. The van der Waals surface area contributed by atoms with Gasteiger partial charge in [0.05, 0.1) is 16.4 Å². The van der Waals surface area contributed by atoms with Gasteiger partial charge in [-0.05, 0) is 32.3 Å². The SMILES string of the molecule is Cc1cc(N2CCCCC2)nc(CNC(=O)c2cc(Cl)sc2Cl)n1. The fourth-order valence-electron chi connectivity index (χ4n) is 2.73. The molecule has 5 nitrogen and oxygen atoms in total. The van der Waals surface area contributed by atoms with Gasteiger partial charge in [0, 0.05) is 24.8 Å². The molecule has 128 valence electrons. The molecule has 3 rings (SSSR count). The van der Waals surface area contributed by atoms with Gasteiger partial charge in [0.15, 0.2) is 0 Å². The second-order valence-electron chi connectivity index (χ2n) is 5.75. The number of piperidine rings is 1. The van der Waals surface area contributed by atoms with Crippen LogP contribution in [0.4, 0.5) is 5.82 Å². The van der Waals surface area contributed by atoms with Crippen LogP contribution >= 0.6 is 34.5 Å². The average molecular weight is 385 g/mol. The molecule has 0 atom stereocenters. The lowest BCUT2D eigenvalue weighted by atomic mass is 10.1. The number of aromatic nitrogens is 2. The molecule has 1 N–H and O–H groups in total. The summed E-state index contributed by atoms with van der Waals surface area (Å²) in [6.45, 7) is 4.23. The molecular formula is C16H18Cl2N4OS. The Bertz CT molecular complexity index is 744. The quantitative estimate of drug-likeness (QED) is 0.862. The summed E-state index contributed by atoms with van der Waals surface area (Å²) in [5.41, 5.74) is 1.28. The molecule has 0 saturated carbocycles. The topological polar surface area (TPSA) is 58.1 Å². The van der Waals surface area contributed by atoms with Crippen molar-refractivity contribution in [1.82, 2.24) is 15.3 Å². The first-order valence-corrected chi connectivity index (χ1v) is 9.43. The number of hydrogen-bond donors (Lipinski definition) is 1. The van der Waals surface area contributed by atoms with E-state index in [1.807, 2.05) is 13.0 Å². The van der Waals surface area contributed by atoms with Crippen LogP contribution in [-0.4, -0.2) is 29.0 Å². The standard InChI is InChI=1S/C16H18Cl2N4OS/c1-10-7-14(22-5-3-2-4-6-22)21-13(20-10)9-19-16(23)11-8-12(17)24-15(11)18/h7-8H,2-6,9H2,1H3,(H,19,23). The Morgan fingerprint density at radius 2 is 2.00 bits per heavy atom. The summed E-state index contributed by atoms with van der Waals surface area (Å²) in [6, 6.07) is 3.56. The molecule has 0 aliphatic carbocycles. The second-order valence-corrected chi connectivity index (χ2v) is 8.04. The minimum Gasteiger partial charge on any atom is -0.357 e. The Morgan fingerprint density at radius 1 is 1.25 bits per heavy atom. The maximum Gasteiger partial charge on any atom is 0.254 e. The third-order valence-electron chi connectivity index (χ3n) is 3.88. The highest BCUT2D eigenvalue weighted by Gasteiger charge is 2.16. The number of amides is 1. The summed E-state index contributed by atoms with van der Waals surface area (Å²) >= 11 is 13.1. The van der Waals surface area contributed by atoms with E-state index < -0.39 is 0 Å². The molecule has 1 aliphatic heterocycles. The highest BCUT2D eigenvalue weighted by molar-refractivity contribution is 7.20. The van der Waals surface area contributed by atoms with Gasteiger partial charge in [0.2, 0.25) is 0 Å². The van der Waals surface area contributed by atoms with Crippen LogP contribution in [0.3, 0.4) is 0 Å². The Labute approximate surface area is 155 Å². The third-order valence-corrected chi connectivity index (χ3v) is 5.36. The van der Waals surface area contributed by atoms with Crippen molar-refractivity contribution in [3.05, 3.63) is 37.9 Å². The Balaban J connectivity index is 1.69. The van der Waals surface area contributed by atoms with E-state index in [0.29, 0.717) is 20.1 Å². The molecule has 0 bridgehead atoms. The Hall–Kier alpha value is -1.37. The molecule has 1 aliphatic rings. The molecule has 1 fully saturated rings. The molecule has 1 amide bonds. The summed E-state index contributed by atoms with van der Waals surface area (Å²) in [5.74, 6) is 1.26. The molecule has 0 radical (unpaired) electrons. The molecular weight excluding hydrogens is 367 g/mol. The molecule has 0 spiro atoms. The minimum atomic E-state index is -0.271. The van der Waals surface area contributed by atoms with E-state index in [1.54, 1.807) is 6.07 Å². The monoisotopic (exact) mass is 384 g/mol. The van der Waals surface area contributed by atoms with Crippen LogP contribution in [0.2, 0.25) is 8.67 Å². The number of aryl methyl sites for hydroxylation is 1. The normalized spacial score (nSPS) is 14.7. The van der Waals surface area contributed by atoms with Gasteiger partial charge in [-0.1, -0.05) is 23.2 Å². The van der Waals surface area contributed by atoms with Crippen molar-refractivity contribution in [3.63, 3.8) is 0 Å². The lowest BCUT2D eigenvalue weighted by molar-refractivity contribution is 0.0950. The zero-order valence-electron chi connectivity index (χ0n) is 13.3. The number of carbonyl (C=O) groups is 1. The number of halogens is 2. The van der Waals surface area contributed by atoms with Crippen LogP contribution in [0.5, 0.6) is 0 Å². The first kappa shape index (κ1) is 17.5. The van der Waals surface area contributed by atoms with Crippen molar-refractivity contribution < 1.29 is 4.79 Å². The second kappa shape index (κ2) is 7.68. The highest BCUT2D eigenvalue weighted by atomic mass is 35.5. The lowest BCUT2D eigenvalue weighted by Gasteiger charge is -2.28. The molecule has 0 unspecified atom stereocenters. The predicted octanol–water partition coefficient (Wildman–Crippen LogP) is 4.07. The molecule has 1 saturated heterocycles. The summed E-state index contributed by atoms with van der Waals surface area (Å²) in [4.78, 5) is 23.5. The molecule has 0 aromatic carbocycles. The van der Waals surface area contributed by atoms with Crippen molar-refractivity contribution in [3.8, 4) is 0 Å². The molecule has 2 aromatic heterocycles. The average Bonchev–Trinajstić information content (AvgIpc) is 2.91. The van der Waals surface area contributed by atoms with Gasteiger partial charge in [-0.15, -0.1) is 11.3 Å². The van der Waals surface area contributed by atoms with E-state index >= 15 is 0 Å². The molecule has 24 heavy (non-hydrogen) atoms. The van der Waals surface area contributed by atoms with Crippen LogP contribution in [0.15, 0.2) is 12.1 Å². The van der Waals surface area contributed by atoms with E-state index in [4.69, 9.17) is 23.2 Å². The Kier molecular flexibility index (Phi) is 5.58. The lowest BCUT2D eigenvalue weighted by Crippen LogP contribution is -2.31. The summed E-state index contributed by atoms with van der Waals surface area (Å²) in [5, 5.41) is 2.81. The van der Waals surface area contributed by atoms with Gasteiger partial charge in [-0.3, -0.25) is 4.79 Å². The number of thiophene rings is 1. The van der Waals surface area contributed by atoms with Gasteiger partial charge < -0.3 is 10.2 Å². The fraction of sp³-hybridized carbons (Fsp3) is 0.438. The van der Waals surface area contributed by atoms with Gasteiger partial charge >= 0.3 is 0 Å². The van der Waals surface area contributed by atoms with Gasteiger partial charge in [-0.2, -0.15) is 0 Å². The van der Waals surface area contributed by atoms with Crippen LogP contribution in [0, 0.1) is 6.92 Å². The van der Waals surface area contributed by atoms with Crippen molar-refractivity contribution in [2.24, 2.45) is 0 Å². The summed E-state index contributed by atoms with van der Waals surface area (Å²) in [7, 11) is 0. The first-order chi connectivity index (χ1) is 11.5. The highest BCUT2D eigenvalue weighted by Crippen LogP contribution is 2.31. The molecule has 3 heterocycles. The first-order valence-electron chi connectivity index (χ1n) is 7.85. The maximum absolute atomic E-state index is 12.2. The summed E-state index contributed by atoms with van der Waals surface area (Å²) in [6.07, 6.45) is 3.65. The van der Waals surface area contributed by atoms with E-state index in [-0.39, 0.29) is 12.5 Å². The maximum atomic E-state index is 12.2. The zero-order valence-corrected chi connectivity index (χ0v) is 15.6. The molecule has 2 aromatic rings. The van der Waals surface area contributed by atoms with Crippen molar-refractivity contribution >= 4 is 46.3 Å².